The maximum atomic E-state index is 11.5. The van der Waals surface area contributed by atoms with Gasteiger partial charge in [0, 0.05) is 6.20 Å². The van der Waals surface area contributed by atoms with Crippen LogP contribution in [0.4, 0.5) is 0 Å². The summed E-state index contributed by atoms with van der Waals surface area (Å²) < 4.78 is 17.0. The molecule has 118 valence electrons. The summed E-state index contributed by atoms with van der Waals surface area (Å²) in [6.07, 6.45) is 1.66. The summed E-state index contributed by atoms with van der Waals surface area (Å²) in [5, 5.41) is 4.29. The van der Waals surface area contributed by atoms with Crippen molar-refractivity contribution in [2.75, 3.05) is 14.2 Å². The molecule has 3 rings (SSSR count). The van der Waals surface area contributed by atoms with Crippen LogP contribution in [0.25, 0.3) is 5.65 Å². The van der Waals surface area contributed by atoms with Gasteiger partial charge in [-0.25, -0.2) is 14.3 Å². The number of hydrogen-bond acceptors (Lipinski definition) is 6. The molecule has 23 heavy (non-hydrogen) atoms. The van der Waals surface area contributed by atoms with Gasteiger partial charge in [0.05, 0.1) is 19.8 Å². The van der Waals surface area contributed by atoms with Crippen LogP contribution in [-0.4, -0.2) is 34.8 Å². The first-order valence-electron chi connectivity index (χ1n) is 6.90. The molecule has 0 aliphatic heterocycles. The quantitative estimate of drug-likeness (QED) is 0.672. The van der Waals surface area contributed by atoms with E-state index in [9.17, 15) is 4.79 Å². The average molecular weight is 313 g/mol. The summed E-state index contributed by atoms with van der Waals surface area (Å²) in [5.41, 5.74) is 0.983. The maximum Gasteiger partial charge on any atom is 0.338 e. The van der Waals surface area contributed by atoms with E-state index in [1.165, 1.54) is 7.11 Å². The molecule has 0 bridgehead atoms. The van der Waals surface area contributed by atoms with Crippen LogP contribution in [0.5, 0.6) is 11.5 Å². The second-order valence-corrected chi connectivity index (χ2v) is 4.70. The van der Waals surface area contributed by atoms with Gasteiger partial charge >= 0.3 is 5.97 Å². The largest absolute Gasteiger partial charge is 0.497 e. The number of hydrogen-bond donors (Lipinski definition) is 0. The zero-order valence-corrected chi connectivity index (χ0v) is 12.7. The summed E-state index contributed by atoms with van der Waals surface area (Å²) in [6.45, 7) is 0.224. The number of pyridine rings is 1. The van der Waals surface area contributed by atoms with E-state index in [-0.39, 0.29) is 6.61 Å². The molecule has 1 aromatic carbocycles. The lowest BCUT2D eigenvalue weighted by Gasteiger charge is -2.04. The van der Waals surface area contributed by atoms with Crippen LogP contribution in [0.15, 0.2) is 42.6 Å². The minimum Gasteiger partial charge on any atom is -0.497 e. The lowest BCUT2D eigenvalue weighted by molar-refractivity contribution is 0.0600. The third kappa shape index (κ3) is 3.23. The Hall–Kier alpha value is -3.09. The van der Waals surface area contributed by atoms with Gasteiger partial charge in [-0.2, -0.15) is 0 Å². The Kier molecular flexibility index (Phi) is 4.09. The van der Waals surface area contributed by atoms with Gasteiger partial charge in [0.1, 0.15) is 18.1 Å². The van der Waals surface area contributed by atoms with E-state index in [2.05, 4.69) is 14.8 Å². The lowest BCUT2D eigenvalue weighted by Crippen LogP contribution is -2.02. The Morgan fingerprint density at radius 3 is 2.57 bits per heavy atom. The first-order chi connectivity index (χ1) is 11.2. The molecule has 7 nitrogen and oxygen atoms in total. The molecule has 0 atom stereocenters. The Balaban J connectivity index is 1.73. The fourth-order valence-electron chi connectivity index (χ4n) is 2.05. The SMILES string of the molecule is COC(=O)c1ccn2nc(COc3ccc(OC)cc3)nc2c1. The van der Waals surface area contributed by atoms with Crippen molar-refractivity contribution in [3.63, 3.8) is 0 Å². The number of methoxy groups -OCH3 is 2. The fourth-order valence-corrected chi connectivity index (χ4v) is 2.05. The van der Waals surface area contributed by atoms with Crippen LogP contribution in [0.2, 0.25) is 0 Å². The monoisotopic (exact) mass is 313 g/mol. The number of esters is 1. The van der Waals surface area contributed by atoms with E-state index in [0.717, 1.165) is 5.75 Å². The highest BCUT2D eigenvalue weighted by atomic mass is 16.5. The van der Waals surface area contributed by atoms with Gasteiger partial charge in [-0.3, -0.25) is 0 Å². The Bertz CT molecular complexity index is 827. The summed E-state index contributed by atoms with van der Waals surface area (Å²) in [5.74, 6) is 1.56. The number of benzene rings is 1. The Morgan fingerprint density at radius 2 is 1.87 bits per heavy atom. The number of carbonyl (C=O) groups excluding carboxylic acids is 1. The highest BCUT2D eigenvalue weighted by Gasteiger charge is 2.09. The van der Waals surface area contributed by atoms with Gasteiger partial charge in [0.15, 0.2) is 11.5 Å². The predicted molar refractivity (Wildman–Crippen MR) is 81.7 cm³/mol. The molecule has 7 heteroatoms. The van der Waals surface area contributed by atoms with Crippen LogP contribution >= 0.6 is 0 Å². The number of fused-ring (bicyclic) bond motifs is 1. The van der Waals surface area contributed by atoms with Gasteiger partial charge in [-0.05, 0) is 36.4 Å². The summed E-state index contributed by atoms with van der Waals surface area (Å²) >= 11 is 0. The Morgan fingerprint density at radius 1 is 1.13 bits per heavy atom. The van der Waals surface area contributed by atoms with Crippen molar-refractivity contribution in [1.29, 1.82) is 0 Å². The third-order valence-corrected chi connectivity index (χ3v) is 3.23. The van der Waals surface area contributed by atoms with Crippen molar-refractivity contribution in [3.8, 4) is 11.5 Å². The molecule has 0 unspecified atom stereocenters. The minimum absolute atomic E-state index is 0.224. The van der Waals surface area contributed by atoms with Crippen LogP contribution < -0.4 is 9.47 Å². The molecule has 0 N–H and O–H groups in total. The molecule has 0 spiro atoms. The van der Waals surface area contributed by atoms with Crippen LogP contribution in [0, 0.1) is 0 Å². The third-order valence-electron chi connectivity index (χ3n) is 3.23. The standard InChI is InChI=1S/C16H15N3O4/c1-21-12-3-5-13(6-4-12)23-10-14-17-15-9-11(16(20)22-2)7-8-19(15)18-14/h3-9H,10H2,1-2H3. The van der Waals surface area contributed by atoms with E-state index in [0.29, 0.717) is 22.8 Å². The second kappa shape index (κ2) is 6.35. The minimum atomic E-state index is -0.411. The molecule has 0 aliphatic carbocycles. The summed E-state index contributed by atoms with van der Waals surface area (Å²) in [7, 11) is 2.95. The van der Waals surface area contributed by atoms with Crippen molar-refractivity contribution in [3.05, 3.63) is 54.0 Å². The highest BCUT2D eigenvalue weighted by molar-refractivity contribution is 5.90. The van der Waals surface area contributed by atoms with Gasteiger partial charge < -0.3 is 14.2 Å². The smallest absolute Gasteiger partial charge is 0.338 e. The van der Waals surface area contributed by atoms with Crippen LogP contribution in [0.3, 0.4) is 0 Å². The molecule has 0 radical (unpaired) electrons. The van der Waals surface area contributed by atoms with E-state index < -0.39 is 5.97 Å². The highest BCUT2D eigenvalue weighted by Crippen LogP contribution is 2.18. The molecule has 0 fully saturated rings. The number of ether oxygens (including phenoxy) is 3. The molecule has 3 aromatic rings. The molecule has 2 aromatic heterocycles. The Labute approximate surface area is 132 Å². The van der Waals surface area contributed by atoms with E-state index >= 15 is 0 Å². The van der Waals surface area contributed by atoms with Crippen LogP contribution in [-0.2, 0) is 11.3 Å². The van der Waals surface area contributed by atoms with Gasteiger partial charge in [-0.1, -0.05) is 0 Å². The molecule has 2 heterocycles. The molecular formula is C16H15N3O4. The second-order valence-electron chi connectivity index (χ2n) is 4.70. The van der Waals surface area contributed by atoms with Crippen molar-refractivity contribution in [1.82, 2.24) is 14.6 Å². The van der Waals surface area contributed by atoms with Crippen molar-refractivity contribution >= 4 is 11.6 Å². The van der Waals surface area contributed by atoms with E-state index in [4.69, 9.17) is 9.47 Å². The van der Waals surface area contributed by atoms with Gasteiger partial charge in [0.2, 0.25) is 0 Å². The van der Waals surface area contributed by atoms with Crippen LogP contribution in [0.1, 0.15) is 16.2 Å². The zero-order chi connectivity index (χ0) is 16.2. The predicted octanol–water partition coefficient (Wildman–Crippen LogP) is 2.10. The first kappa shape index (κ1) is 14.8. The number of carbonyl (C=O) groups is 1. The first-order valence-corrected chi connectivity index (χ1v) is 6.90. The van der Waals surface area contributed by atoms with E-state index in [1.807, 2.05) is 24.3 Å². The number of nitrogens with zero attached hydrogens (tertiary/aromatic N) is 3. The zero-order valence-electron chi connectivity index (χ0n) is 12.7. The van der Waals surface area contributed by atoms with Gasteiger partial charge in [-0.15, -0.1) is 5.10 Å². The number of aromatic nitrogens is 3. The molecule has 0 saturated heterocycles. The molecule has 0 aliphatic rings. The van der Waals surface area contributed by atoms with Gasteiger partial charge in [0.25, 0.3) is 0 Å². The molecule has 0 amide bonds. The maximum absolute atomic E-state index is 11.5. The summed E-state index contributed by atoms with van der Waals surface area (Å²) in [4.78, 5) is 15.8. The molecular weight excluding hydrogens is 298 g/mol. The van der Waals surface area contributed by atoms with E-state index in [1.54, 1.807) is 30.0 Å². The summed E-state index contributed by atoms with van der Waals surface area (Å²) in [6, 6.07) is 10.5. The molecule has 0 saturated carbocycles. The van der Waals surface area contributed by atoms with Crippen molar-refractivity contribution in [2.45, 2.75) is 6.61 Å². The normalized spacial score (nSPS) is 10.5. The van der Waals surface area contributed by atoms with Crippen molar-refractivity contribution in [2.24, 2.45) is 0 Å². The number of rotatable bonds is 5. The fraction of sp³-hybridized carbons (Fsp3) is 0.188. The topological polar surface area (TPSA) is 75.0 Å². The van der Waals surface area contributed by atoms with Crippen molar-refractivity contribution < 1.29 is 19.0 Å². The average Bonchev–Trinajstić information content (AvgIpc) is 3.01. The lowest BCUT2D eigenvalue weighted by atomic mass is 10.3.